The van der Waals surface area contributed by atoms with Crippen LogP contribution in [-0.4, -0.2) is 128 Å². The quantitative estimate of drug-likeness (QED) is 0.0579. The van der Waals surface area contributed by atoms with Gasteiger partial charge in [0.05, 0.1) is 30.4 Å². The highest BCUT2D eigenvalue weighted by Gasteiger charge is 2.44. The molecular formula is C69H63Br4Cl4N9O12P+. The SMILES string of the molecule is Brc1cc2ccccc2cn1.CC(C)(C)OC(=O)N1C[C@H](Oc2nc(-c3cnccn3)cc3ccccc23)C[C@H]1C(=O)O.CC(C)(C)OC(=O)N1C[C@H](Oc2nc(Br)cc3ccccc23)C[C@H]1C(=O)O.Clc1nc(Br)cc2ccccc12.O=P(Cl)(Cl)Cl.O[n+]1cc2ccccc2cc1Br. The van der Waals surface area contributed by atoms with Gasteiger partial charge in [0.15, 0.2) is 0 Å². The number of carboxylic acids is 2. The number of ether oxygens (including phenoxy) is 4. The third kappa shape index (κ3) is 23.2. The summed E-state index contributed by atoms with van der Waals surface area (Å²) in [4.78, 5) is 76.4. The topological polar surface area (TPSA) is 271 Å². The van der Waals surface area contributed by atoms with Gasteiger partial charge in [0.2, 0.25) is 18.0 Å². The van der Waals surface area contributed by atoms with Crippen LogP contribution in [0.5, 0.6) is 11.8 Å². The molecule has 6 aromatic heterocycles. The van der Waals surface area contributed by atoms with E-state index in [4.69, 9.17) is 30.5 Å². The first-order chi connectivity index (χ1) is 46.7. The van der Waals surface area contributed by atoms with Crippen LogP contribution in [0.2, 0.25) is 5.15 Å². The number of nitrogens with zero attached hydrogens (tertiary/aromatic N) is 9. The van der Waals surface area contributed by atoms with Crippen LogP contribution in [-0.2, 0) is 23.6 Å². The lowest BCUT2D eigenvalue weighted by Gasteiger charge is -2.26. The number of hydrogen-bond donors (Lipinski definition) is 3. The van der Waals surface area contributed by atoms with Crippen molar-refractivity contribution in [3.63, 3.8) is 0 Å². The summed E-state index contributed by atoms with van der Waals surface area (Å²) >= 11 is 33.0. The molecule has 2 aliphatic heterocycles. The van der Waals surface area contributed by atoms with E-state index < -0.39 is 64.8 Å². The smallest absolute Gasteiger partial charge is 0.411 e. The Morgan fingerprint density at radius 1 is 0.525 bits per heavy atom. The molecule has 2 amide bonds. The minimum absolute atomic E-state index is 0.0806. The maximum atomic E-state index is 12.6. The zero-order valence-electron chi connectivity index (χ0n) is 53.5. The third-order valence-electron chi connectivity index (χ3n) is 14.1. The molecule has 3 N–H and O–H groups in total. The van der Waals surface area contributed by atoms with E-state index in [-0.39, 0.29) is 25.9 Å². The fourth-order valence-corrected chi connectivity index (χ4v) is 11.9. The van der Waals surface area contributed by atoms with Gasteiger partial charge >= 0.3 is 29.3 Å². The van der Waals surface area contributed by atoms with Gasteiger partial charge < -0.3 is 29.2 Å². The lowest BCUT2D eigenvalue weighted by Crippen LogP contribution is -2.43. The molecule has 0 spiro atoms. The molecule has 0 bridgehead atoms. The number of carbonyl (C=O) groups excluding carboxylic acids is 2. The van der Waals surface area contributed by atoms with Crippen molar-refractivity contribution < 1.29 is 62.8 Å². The average molecular weight is 1700 g/mol. The molecule has 4 atom stereocenters. The van der Waals surface area contributed by atoms with Crippen molar-refractivity contribution in [1.29, 1.82) is 0 Å². The molecular weight excluding hydrogens is 1640 g/mol. The number of carbonyl (C=O) groups is 4. The van der Waals surface area contributed by atoms with Crippen molar-refractivity contribution in [3.05, 3.63) is 206 Å². The highest BCUT2D eigenvalue weighted by atomic mass is 79.9. The second-order valence-corrected chi connectivity index (χ2v) is 34.0. The summed E-state index contributed by atoms with van der Waals surface area (Å²) in [5.74, 6) is -1.43. The zero-order valence-corrected chi connectivity index (χ0v) is 63.7. The van der Waals surface area contributed by atoms with E-state index in [1.54, 1.807) is 66.3 Å². The largest absolute Gasteiger partial charge is 0.480 e. The summed E-state index contributed by atoms with van der Waals surface area (Å²) < 4.78 is 36.4. The average Bonchev–Trinajstić information content (AvgIpc) is 1.78. The molecule has 30 heteroatoms. The molecule has 0 unspecified atom stereocenters. The monoisotopic (exact) mass is 1700 g/mol. The molecule has 2 aliphatic rings. The van der Waals surface area contributed by atoms with Crippen molar-refractivity contribution in [1.82, 2.24) is 39.7 Å². The number of hydrogen-bond acceptors (Lipinski definition) is 16. The number of likely N-dealkylation sites (tertiary alicyclic amines) is 2. The first kappa shape index (κ1) is 77.2. The molecule has 0 radical (unpaired) electrons. The summed E-state index contributed by atoms with van der Waals surface area (Å²) in [5.41, 5.74) is -0.264. The van der Waals surface area contributed by atoms with Gasteiger partial charge in [-0.15, -0.1) is 0 Å². The summed E-state index contributed by atoms with van der Waals surface area (Å²) in [7, 11) is 0. The number of benzene rings is 5. The Bertz CT molecular complexity index is 4710. The lowest BCUT2D eigenvalue weighted by molar-refractivity contribution is -0.912. The van der Waals surface area contributed by atoms with E-state index in [9.17, 15) is 39.2 Å². The highest BCUT2D eigenvalue weighted by molar-refractivity contribution is 9.11. The zero-order chi connectivity index (χ0) is 71.9. The molecule has 2 fully saturated rings. The van der Waals surface area contributed by atoms with Gasteiger partial charge in [0, 0.05) is 79.7 Å². The van der Waals surface area contributed by atoms with Crippen molar-refractivity contribution in [2.45, 2.75) is 89.9 Å². The number of amides is 2. The van der Waals surface area contributed by atoms with Crippen LogP contribution in [0.25, 0.3) is 65.3 Å². The van der Waals surface area contributed by atoms with Gasteiger partial charge in [-0.3, -0.25) is 29.5 Å². The molecule has 2 saturated heterocycles. The molecule has 8 heterocycles. The number of aromatic nitrogens is 7. The predicted molar refractivity (Wildman–Crippen MR) is 397 cm³/mol. The summed E-state index contributed by atoms with van der Waals surface area (Å²) in [6.45, 7) is 10.6. The Labute approximate surface area is 621 Å². The van der Waals surface area contributed by atoms with Gasteiger partial charge in [0.1, 0.15) is 60.2 Å². The summed E-state index contributed by atoms with van der Waals surface area (Å²) in [5, 5.41) is 35.8. The standard InChI is InChI=1S/C23H24N4O5.C19H21BrN2O5.C9H5BrClN.C9H7BrNO.C9H6BrN.Cl3OP/c1-23(2,3)32-22(30)27-13-15(11-19(27)21(28)29)31-20-16-7-5-4-6-14(16)10-17(26-20)18-12-24-8-9-25-18;1-19(2,3)27-18(25)22-10-12(9-14(22)17(23)24)26-16-13-7-5-4-6-11(13)8-15(20)21-16;10-8-5-6-3-1-2-4-7(6)9(11)12-8;10-9-5-7-3-1-2-4-8(7)6-11(9)12;10-9-5-7-3-1-2-4-8(7)6-11-9;1-5(2,3)4/h4-10,12,15,19H,11,13H2,1-3H3,(H,28,29);4-8,12,14H,9-10H2,1-3H3,(H,23,24);1-5H;1-6,12H;1-6H;/q;;;+1;;/t15-,19+;12-,14+;;;;/m11..../s1. The summed E-state index contributed by atoms with van der Waals surface area (Å²) in [6, 6.07) is 46.7. The van der Waals surface area contributed by atoms with Crippen LogP contribution in [0, 0.1) is 0 Å². The number of aliphatic carboxylic acids is 2. The Balaban J connectivity index is 0.000000165. The Morgan fingerprint density at radius 3 is 1.42 bits per heavy atom. The number of halogens is 8. The fraction of sp³-hybridized carbons (Fsp3) is 0.232. The molecule has 5 aromatic carbocycles. The van der Waals surface area contributed by atoms with Crippen LogP contribution in [0.4, 0.5) is 9.59 Å². The summed E-state index contributed by atoms with van der Waals surface area (Å²) in [6.07, 6.45) is 6.20. The van der Waals surface area contributed by atoms with E-state index in [0.29, 0.717) is 37.5 Å². The predicted octanol–water partition coefficient (Wildman–Crippen LogP) is 19.0. The number of rotatable bonds is 7. The Morgan fingerprint density at radius 2 is 0.939 bits per heavy atom. The molecule has 99 heavy (non-hydrogen) atoms. The number of carboxylic acid groups (broad SMARTS) is 2. The second-order valence-electron chi connectivity index (χ2n) is 23.8. The molecule has 0 aliphatic carbocycles. The molecule has 0 saturated carbocycles. The van der Waals surface area contributed by atoms with Crippen molar-refractivity contribution in [3.8, 4) is 23.1 Å². The first-order valence-electron chi connectivity index (χ1n) is 29.9. The van der Waals surface area contributed by atoms with Gasteiger partial charge in [-0.25, -0.2) is 39.1 Å². The fourth-order valence-electron chi connectivity index (χ4n) is 9.97. The van der Waals surface area contributed by atoms with Crippen molar-refractivity contribution in [2.75, 3.05) is 13.1 Å². The van der Waals surface area contributed by atoms with E-state index >= 15 is 0 Å². The lowest BCUT2D eigenvalue weighted by atomic mass is 10.1. The van der Waals surface area contributed by atoms with Crippen LogP contribution in [0.3, 0.4) is 0 Å². The van der Waals surface area contributed by atoms with Crippen molar-refractivity contribution in [2.24, 2.45) is 0 Å². The van der Waals surface area contributed by atoms with Crippen LogP contribution in [0.1, 0.15) is 54.4 Å². The van der Waals surface area contributed by atoms with Gasteiger partial charge in [0.25, 0.3) is 4.60 Å². The van der Waals surface area contributed by atoms with E-state index in [2.05, 4.69) is 139 Å². The third-order valence-corrected chi connectivity index (χ3v) is 16.3. The Hall–Kier alpha value is -7.58. The number of fused-ring (bicyclic) bond motifs is 5. The Kier molecular flexibility index (Phi) is 27.0. The van der Waals surface area contributed by atoms with Gasteiger partial charge in [-0.1, -0.05) is 115 Å². The minimum Gasteiger partial charge on any atom is -0.480 e. The van der Waals surface area contributed by atoms with E-state index in [1.807, 2.05) is 146 Å². The minimum atomic E-state index is -3.22. The van der Waals surface area contributed by atoms with Crippen LogP contribution >= 0.6 is 114 Å². The second kappa shape index (κ2) is 34.7. The maximum absolute atomic E-state index is 12.6. The van der Waals surface area contributed by atoms with Crippen LogP contribution < -0.4 is 14.2 Å². The first-order valence-corrected chi connectivity index (χ1v) is 37.9. The number of pyridine rings is 5. The van der Waals surface area contributed by atoms with Crippen molar-refractivity contribution >= 4 is 192 Å². The van der Waals surface area contributed by atoms with E-state index in [0.717, 1.165) is 57.0 Å². The van der Waals surface area contributed by atoms with Crippen LogP contribution in [0.15, 0.2) is 201 Å². The van der Waals surface area contributed by atoms with Gasteiger partial charge in [-0.2, -0.15) is 0 Å². The maximum Gasteiger partial charge on any atom is 0.411 e. The molecule has 13 rings (SSSR count). The molecule has 516 valence electrons. The van der Waals surface area contributed by atoms with Gasteiger partial charge in [-0.05, 0) is 192 Å². The normalized spacial score (nSPS) is 15.7. The highest BCUT2D eigenvalue weighted by Crippen LogP contribution is 2.61. The molecule has 21 nitrogen and oxygen atoms in total. The molecule has 11 aromatic rings. The van der Waals surface area contributed by atoms with E-state index in [1.165, 1.54) is 20.6 Å².